The summed E-state index contributed by atoms with van der Waals surface area (Å²) in [5, 5.41) is 7.69. The van der Waals surface area contributed by atoms with Crippen molar-refractivity contribution in [3.05, 3.63) is 41.4 Å². The second kappa shape index (κ2) is 12.2. The number of unbranched alkanes of at least 4 members (excludes halogenated alkanes) is 1. The van der Waals surface area contributed by atoms with Crippen LogP contribution in [0.15, 0.2) is 35.6 Å². The Labute approximate surface area is 201 Å². The molecule has 1 saturated heterocycles. The van der Waals surface area contributed by atoms with Crippen LogP contribution in [0.5, 0.6) is 5.75 Å². The Morgan fingerprint density at radius 3 is 2.90 bits per heavy atom. The number of ether oxygens (including phenoxy) is 1. The Bertz CT molecular complexity index is 828. The number of hydrogen-bond acceptors (Lipinski definition) is 4. The Kier molecular flexibility index (Phi) is 10.0. The van der Waals surface area contributed by atoms with Crippen LogP contribution in [-0.2, 0) is 6.54 Å². The van der Waals surface area contributed by atoms with Gasteiger partial charge in [-0.1, -0.05) is 11.6 Å². The van der Waals surface area contributed by atoms with Gasteiger partial charge in [0, 0.05) is 56.7 Å². The molecule has 1 aromatic heterocycles. The number of hydrogen-bond donors (Lipinski definition) is 2. The van der Waals surface area contributed by atoms with Crippen molar-refractivity contribution in [1.82, 2.24) is 20.2 Å². The Balaban J connectivity index is 0.00000320. The van der Waals surface area contributed by atoms with Gasteiger partial charge < -0.3 is 24.8 Å². The van der Waals surface area contributed by atoms with Gasteiger partial charge in [-0.05, 0) is 44.4 Å². The van der Waals surface area contributed by atoms with Gasteiger partial charge in [-0.15, -0.1) is 24.0 Å². The number of aryl methyl sites for hydroxylation is 2. The summed E-state index contributed by atoms with van der Waals surface area (Å²) in [4.78, 5) is 10.9. The number of nitrogens with zero attached hydrogens (tertiary/aromatic N) is 4. The lowest BCUT2D eigenvalue weighted by atomic mass is 10.2. The summed E-state index contributed by atoms with van der Waals surface area (Å²) < 4.78 is 7.68. The van der Waals surface area contributed by atoms with Crippen molar-refractivity contribution in [3.63, 3.8) is 0 Å². The van der Waals surface area contributed by atoms with Crippen LogP contribution in [0.25, 0.3) is 0 Å². The molecule has 9 heteroatoms. The highest BCUT2D eigenvalue weighted by Gasteiger charge is 2.25. The van der Waals surface area contributed by atoms with E-state index in [-0.39, 0.29) is 24.0 Å². The summed E-state index contributed by atoms with van der Waals surface area (Å²) in [5.74, 6) is 2.77. The molecule has 1 atom stereocenters. The minimum atomic E-state index is 0. The first-order valence-corrected chi connectivity index (χ1v) is 10.5. The van der Waals surface area contributed by atoms with Crippen LogP contribution in [0.2, 0.25) is 5.02 Å². The van der Waals surface area contributed by atoms with Crippen LogP contribution < -0.4 is 20.3 Å². The second-order valence-electron chi connectivity index (χ2n) is 7.27. The average Bonchev–Trinajstić information content (AvgIpc) is 3.35. The number of aromatic nitrogens is 2. The van der Waals surface area contributed by atoms with E-state index in [1.807, 2.05) is 44.6 Å². The van der Waals surface area contributed by atoms with Gasteiger partial charge in [0.1, 0.15) is 11.6 Å². The number of guanidine groups is 1. The van der Waals surface area contributed by atoms with E-state index in [2.05, 4.69) is 30.1 Å². The topological polar surface area (TPSA) is 66.7 Å². The van der Waals surface area contributed by atoms with Crippen molar-refractivity contribution < 1.29 is 4.74 Å². The quantitative estimate of drug-likeness (QED) is 0.229. The fraction of sp³-hybridized carbons (Fsp3) is 0.524. The molecular formula is C21H32ClIN6O. The Hall–Kier alpha value is -1.68. The van der Waals surface area contributed by atoms with Crippen molar-refractivity contribution in [2.45, 2.75) is 38.8 Å². The maximum absolute atomic E-state index is 6.19. The van der Waals surface area contributed by atoms with Crippen LogP contribution in [0, 0.1) is 6.92 Å². The average molecular weight is 547 g/mol. The molecule has 0 amide bonds. The first kappa shape index (κ1) is 24.6. The molecule has 1 unspecified atom stereocenters. The Morgan fingerprint density at radius 2 is 2.20 bits per heavy atom. The number of nitrogens with one attached hydrogen (secondary N) is 2. The minimum Gasteiger partial charge on any atom is -0.495 e. The van der Waals surface area contributed by atoms with E-state index in [4.69, 9.17) is 16.3 Å². The highest BCUT2D eigenvalue weighted by Crippen LogP contribution is 2.33. The van der Waals surface area contributed by atoms with E-state index in [0.717, 1.165) is 73.7 Å². The zero-order valence-electron chi connectivity index (χ0n) is 17.9. The number of imidazole rings is 1. The molecule has 0 saturated carbocycles. The molecule has 2 aromatic rings. The lowest BCUT2D eigenvalue weighted by Crippen LogP contribution is -2.44. The molecular weight excluding hydrogens is 515 g/mol. The van der Waals surface area contributed by atoms with E-state index in [1.165, 1.54) is 0 Å². The van der Waals surface area contributed by atoms with Crippen molar-refractivity contribution >= 4 is 47.2 Å². The van der Waals surface area contributed by atoms with Crippen LogP contribution in [0.1, 0.15) is 25.1 Å². The van der Waals surface area contributed by atoms with Crippen LogP contribution in [0.4, 0.5) is 5.69 Å². The predicted octanol–water partition coefficient (Wildman–Crippen LogP) is 3.70. The third-order valence-electron chi connectivity index (χ3n) is 5.28. The van der Waals surface area contributed by atoms with Gasteiger partial charge in [-0.3, -0.25) is 4.99 Å². The molecule has 1 aliphatic rings. The fourth-order valence-corrected chi connectivity index (χ4v) is 3.82. The number of rotatable bonds is 8. The second-order valence-corrected chi connectivity index (χ2v) is 7.70. The molecule has 0 radical (unpaired) electrons. The smallest absolute Gasteiger partial charge is 0.191 e. The van der Waals surface area contributed by atoms with Gasteiger partial charge in [0.15, 0.2) is 5.96 Å². The summed E-state index contributed by atoms with van der Waals surface area (Å²) in [6.07, 6.45) is 7.10. The maximum Gasteiger partial charge on any atom is 0.191 e. The predicted molar refractivity (Wildman–Crippen MR) is 135 cm³/mol. The molecule has 2 N–H and O–H groups in total. The van der Waals surface area contributed by atoms with Crippen LogP contribution in [0.3, 0.4) is 0 Å². The molecule has 30 heavy (non-hydrogen) atoms. The molecule has 0 bridgehead atoms. The number of anilines is 1. The molecule has 166 valence electrons. The lowest BCUT2D eigenvalue weighted by molar-refractivity contribution is 0.415. The van der Waals surface area contributed by atoms with Gasteiger partial charge in [0.05, 0.1) is 12.8 Å². The molecule has 1 fully saturated rings. The van der Waals surface area contributed by atoms with E-state index in [9.17, 15) is 0 Å². The highest BCUT2D eigenvalue weighted by molar-refractivity contribution is 14.0. The standard InChI is InChI=1S/C21H31ClN6O.HI/c1-16-24-10-13-27(16)11-5-4-9-25-21(23-2)26-18-8-12-28(15-18)19-14-17(22)6-7-20(19)29-3;/h6-7,10,13-14,18H,4-5,8-9,11-12,15H2,1-3H3,(H2,23,25,26);1H. The summed E-state index contributed by atoms with van der Waals surface area (Å²) in [7, 11) is 3.51. The number of benzene rings is 1. The Morgan fingerprint density at radius 1 is 1.37 bits per heavy atom. The normalized spacial score (nSPS) is 16.3. The van der Waals surface area contributed by atoms with E-state index < -0.39 is 0 Å². The minimum absolute atomic E-state index is 0. The number of methoxy groups -OCH3 is 1. The summed E-state index contributed by atoms with van der Waals surface area (Å²) in [6.45, 7) is 5.77. The molecule has 3 rings (SSSR count). The van der Waals surface area contributed by atoms with Crippen LogP contribution in [-0.4, -0.2) is 55.3 Å². The molecule has 0 spiro atoms. The third-order valence-corrected chi connectivity index (χ3v) is 5.51. The van der Waals surface area contributed by atoms with Gasteiger partial charge in [0.2, 0.25) is 0 Å². The zero-order chi connectivity index (χ0) is 20.6. The van der Waals surface area contributed by atoms with Crippen molar-refractivity contribution in [2.75, 3.05) is 38.7 Å². The van der Waals surface area contributed by atoms with Gasteiger partial charge in [0.25, 0.3) is 0 Å². The first-order chi connectivity index (χ1) is 14.1. The molecule has 7 nitrogen and oxygen atoms in total. The van der Waals surface area contributed by atoms with Gasteiger partial charge in [-0.2, -0.15) is 0 Å². The van der Waals surface area contributed by atoms with Gasteiger partial charge in [-0.25, -0.2) is 4.98 Å². The summed E-state index contributed by atoms with van der Waals surface area (Å²) >= 11 is 6.19. The molecule has 1 aromatic carbocycles. The largest absolute Gasteiger partial charge is 0.495 e. The van der Waals surface area contributed by atoms with Crippen LogP contribution >= 0.6 is 35.6 Å². The highest BCUT2D eigenvalue weighted by atomic mass is 127. The molecule has 0 aliphatic carbocycles. The fourth-order valence-electron chi connectivity index (χ4n) is 3.65. The third kappa shape index (κ3) is 6.66. The monoisotopic (exact) mass is 546 g/mol. The summed E-state index contributed by atoms with van der Waals surface area (Å²) in [5.41, 5.74) is 1.04. The zero-order valence-corrected chi connectivity index (χ0v) is 21.0. The number of aliphatic imine (C=N–C) groups is 1. The van der Waals surface area contributed by atoms with Gasteiger partial charge >= 0.3 is 0 Å². The number of halogens is 2. The summed E-state index contributed by atoms with van der Waals surface area (Å²) in [6, 6.07) is 6.08. The maximum atomic E-state index is 6.19. The van der Waals surface area contributed by atoms with Crippen molar-refractivity contribution in [1.29, 1.82) is 0 Å². The SMILES string of the molecule is CN=C(NCCCCn1ccnc1C)NC1CCN(c2cc(Cl)ccc2OC)C1.I. The molecule has 1 aliphatic heterocycles. The van der Waals surface area contributed by atoms with E-state index >= 15 is 0 Å². The van der Waals surface area contributed by atoms with E-state index in [1.54, 1.807) is 7.11 Å². The van der Waals surface area contributed by atoms with E-state index in [0.29, 0.717) is 6.04 Å². The van der Waals surface area contributed by atoms with Crippen molar-refractivity contribution in [3.8, 4) is 5.75 Å². The van der Waals surface area contributed by atoms with Crippen molar-refractivity contribution in [2.24, 2.45) is 4.99 Å². The first-order valence-electron chi connectivity index (χ1n) is 10.1. The lowest BCUT2D eigenvalue weighted by Gasteiger charge is -2.22. The molecule has 2 heterocycles.